The summed E-state index contributed by atoms with van der Waals surface area (Å²) in [6.45, 7) is 1.50. The number of oxazole rings is 1. The third-order valence-corrected chi connectivity index (χ3v) is 5.10. The smallest absolute Gasteiger partial charge is 0.338 e. The van der Waals surface area contributed by atoms with E-state index in [1.54, 1.807) is 30.3 Å². The Morgan fingerprint density at radius 1 is 1.21 bits per heavy atom. The van der Waals surface area contributed by atoms with Crippen LogP contribution in [0.25, 0.3) is 22.4 Å². The number of nitrogens with zero attached hydrogens (tertiary/aromatic N) is 2. The summed E-state index contributed by atoms with van der Waals surface area (Å²) in [5.74, 6) is -1.10. The summed E-state index contributed by atoms with van der Waals surface area (Å²) < 4.78 is 10.4. The van der Waals surface area contributed by atoms with Crippen molar-refractivity contribution in [1.82, 2.24) is 9.97 Å². The zero-order valence-electron chi connectivity index (χ0n) is 15.1. The van der Waals surface area contributed by atoms with Crippen LogP contribution < -0.4 is 5.32 Å². The number of aromatic nitrogens is 2. The predicted molar refractivity (Wildman–Crippen MR) is 110 cm³/mol. The van der Waals surface area contributed by atoms with Crippen molar-refractivity contribution in [2.24, 2.45) is 0 Å². The Balaban J connectivity index is 1.39. The quantitative estimate of drug-likeness (QED) is 0.460. The summed E-state index contributed by atoms with van der Waals surface area (Å²) in [6.07, 6.45) is 0.292. The third kappa shape index (κ3) is 4.28. The number of amides is 1. The van der Waals surface area contributed by atoms with Crippen molar-refractivity contribution < 1.29 is 18.7 Å². The van der Waals surface area contributed by atoms with Crippen molar-refractivity contribution in [1.29, 1.82) is 0 Å². The third-order valence-electron chi connectivity index (χ3n) is 4.09. The van der Waals surface area contributed by atoms with Crippen LogP contribution in [0, 0.1) is 0 Å². The number of thiazole rings is 1. The number of esters is 1. The topological polar surface area (TPSA) is 94.3 Å². The lowest BCUT2D eigenvalue weighted by molar-refractivity contribution is -0.123. The van der Waals surface area contributed by atoms with Crippen LogP contribution in [0.3, 0.4) is 0 Å². The van der Waals surface area contributed by atoms with E-state index in [9.17, 15) is 9.59 Å². The SMILES string of the molecule is CC(OC(=O)c1ccc2ocnc2c1)C(=O)Nc1nc(-c2ccc(Cl)cc2)cs1. The van der Waals surface area contributed by atoms with Crippen LogP contribution in [0.1, 0.15) is 17.3 Å². The van der Waals surface area contributed by atoms with Gasteiger partial charge in [0, 0.05) is 16.0 Å². The fourth-order valence-corrected chi connectivity index (χ4v) is 3.41. The molecule has 1 atom stereocenters. The maximum atomic E-state index is 12.4. The second kappa shape index (κ2) is 8.02. The number of carbonyl (C=O) groups is 2. The number of nitrogens with one attached hydrogen (secondary N) is 1. The van der Waals surface area contributed by atoms with Gasteiger partial charge in [0.2, 0.25) is 0 Å². The van der Waals surface area contributed by atoms with Gasteiger partial charge in [-0.25, -0.2) is 14.8 Å². The molecule has 7 nitrogen and oxygen atoms in total. The standard InChI is InChI=1S/C20H14ClN3O4S/c1-11(28-19(26)13-4-7-17-15(8-13)22-10-27-17)18(25)24-20-23-16(9-29-20)12-2-5-14(21)6-3-12/h2-11H,1H3,(H,23,24,25). The molecule has 0 aliphatic rings. The second-order valence-electron chi connectivity index (χ2n) is 6.12. The van der Waals surface area contributed by atoms with Crippen LogP contribution in [-0.4, -0.2) is 27.9 Å². The lowest BCUT2D eigenvalue weighted by Gasteiger charge is -2.12. The van der Waals surface area contributed by atoms with Crippen molar-refractivity contribution in [3.63, 3.8) is 0 Å². The van der Waals surface area contributed by atoms with Crippen LogP contribution in [-0.2, 0) is 9.53 Å². The minimum atomic E-state index is -1.00. The predicted octanol–water partition coefficient (Wildman–Crippen LogP) is 4.79. The molecule has 2 aromatic carbocycles. The van der Waals surface area contributed by atoms with Gasteiger partial charge in [-0.1, -0.05) is 23.7 Å². The first-order valence-electron chi connectivity index (χ1n) is 8.56. The Labute approximate surface area is 174 Å². The summed E-state index contributed by atoms with van der Waals surface area (Å²) in [7, 11) is 0. The maximum absolute atomic E-state index is 12.4. The molecule has 1 amide bonds. The van der Waals surface area contributed by atoms with E-state index in [-0.39, 0.29) is 5.56 Å². The molecule has 146 valence electrons. The summed E-state index contributed by atoms with van der Waals surface area (Å²) in [4.78, 5) is 33.1. The van der Waals surface area contributed by atoms with Crippen molar-refractivity contribution in [3.05, 3.63) is 64.8 Å². The molecule has 0 spiro atoms. The summed E-state index contributed by atoms with van der Waals surface area (Å²) in [6, 6.07) is 12.0. The van der Waals surface area contributed by atoms with Gasteiger partial charge in [0.25, 0.3) is 5.91 Å². The lowest BCUT2D eigenvalue weighted by Crippen LogP contribution is -2.29. The molecule has 1 unspecified atom stereocenters. The minimum Gasteiger partial charge on any atom is -0.449 e. The van der Waals surface area contributed by atoms with E-state index in [1.807, 2.05) is 17.5 Å². The minimum absolute atomic E-state index is 0.283. The van der Waals surface area contributed by atoms with Gasteiger partial charge < -0.3 is 9.15 Å². The molecule has 0 aliphatic heterocycles. The van der Waals surface area contributed by atoms with Crippen molar-refractivity contribution in [3.8, 4) is 11.3 Å². The number of anilines is 1. The average Bonchev–Trinajstić information content (AvgIpc) is 3.37. The summed E-state index contributed by atoms with van der Waals surface area (Å²) >= 11 is 7.17. The molecular formula is C20H14ClN3O4S. The van der Waals surface area contributed by atoms with E-state index in [0.29, 0.717) is 26.9 Å². The molecule has 0 bridgehead atoms. The molecule has 2 heterocycles. The fraction of sp³-hybridized carbons (Fsp3) is 0.100. The molecule has 0 fully saturated rings. The molecule has 0 aliphatic carbocycles. The molecule has 0 saturated carbocycles. The molecule has 2 aromatic heterocycles. The van der Waals surface area contributed by atoms with Crippen LogP contribution in [0.4, 0.5) is 5.13 Å². The molecule has 0 saturated heterocycles. The Morgan fingerprint density at radius 3 is 2.79 bits per heavy atom. The monoisotopic (exact) mass is 427 g/mol. The van der Waals surface area contributed by atoms with Crippen molar-refractivity contribution >= 4 is 51.0 Å². The Morgan fingerprint density at radius 2 is 2.00 bits per heavy atom. The highest BCUT2D eigenvalue weighted by molar-refractivity contribution is 7.14. The molecule has 29 heavy (non-hydrogen) atoms. The fourth-order valence-electron chi connectivity index (χ4n) is 2.56. The second-order valence-corrected chi connectivity index (χ2v) is 7.41. The van der Waals surface area contributed by atoms with Gasteiger partial charge in [0.05, 0.1) is 11.3 Å². The largest absolute Gasteiger partial charge is 0.449 e. The average molecular weight is 428 g/mol. The molecule has 4 rings (SSSR count). The van der Waals surface area contributed by atoms with Gasteiger partial charge in [-0.05, 0) is 37.3 Å². The van der Waals surface area contributed by atoms with E-state index in [2.05, 4.69) is 15.3 Å². The van der Waals surface area contributed by atoms with Crippen LogP contribution in [0.2, 0.25) is 5.02 Å². The van der Waals surface area contributed by atoms with Gasteiger partial charge in [-0.2, -0.15) is 0 Å². The first kappa shape index (κ1) is 19.1. The van der Waals surface area contributed by atoms with E-state index in [4.69, 9.17) is 20.8 Å². The van der Waals surface area contributed by atoms with E-state index >= 15 is 0 Å². The number of ether oxygens (including phenoxy) is 1. The number of carbonyl (C=O) groups excluding carboxylic acids is 2. The number of hydrogen-bond donors (Lipinski definition) is 1. The Kier molecular flexibility index (Phi) is 5.28. The summed E-state index contributed by atoms with van der Waals surface area (Å²) in [5, 5.41) is 5.53. The van der Waals surface area contributed by atoms with E-state index < -0.39 is 18.0 Å². The van der Waals surface area contributed by atoms with Crippen LogP contribution in [0.15, 0.2) is 58.7 Å². The van der Waals surface area contributed by atoms with Crippen molar-refractivity contribution in [2.75, 3.05) is 5.32 Å². The van der Waals surface area contributed by atoms with Gasteiger partial charge in [0.1, 0.15) is 5.52 Å². The van der Waals surface area contributed by atoms with Crippen LogP contribution >= 0.6 is 22.9 Å². The molecule has 9 heteroatoms. The lowest BCUT2D eigenvalue weighted by atomic mass is 10.2. The molecule has 1 N–H and O–H groups in total. The highest BCUT2D eigenvalue weighted by Gasteiger charge is 2.20. The van der Waals surface area contributed by atoms with Crippen molar-refractivity contribution in [2.45, 2.75) is 13.0 Å². The number of benzene rings is 2. The number of rotatable bonds is 5. The maximum Gasteiger partial charge on any atom is 0.338 e. The Bertz CT molecular complexity index is 1190. The number of fused-ring (bicyclic) bond motifs is 1. The Hall–Kier alpha value is -3.23. The molecule has 4 aromatic rings. The van der Waals surface area contributed by atoms with Gasteiger partial charge in [0.15, 0.2) is 23.2 Å². The van der Waals surface area contributed by atoms with E-state index in [0.717, 1.165) is 5.56 Å². The zero-order chi connectivity index (χ0) is 20.4. The summed E-state index contributed by atoms with van der Waals surface area (Å²) in [5.41, 5.74) is 2.98. The normalized spacial score (nSPS) is 11.9. The number of hydrogen-bond acceptors (Lipinski definition) is 7. The van der Waals surface area contributed by atoms with Crippen LogP contribution in [0.5, 0.6) is 0 Å². The zero-order valence-corrected chi connectivity index (χ0v) is 16.7. The first-order chi connectivity index (χ1) is 14.0. The molecular weight excluding hydrogens is 414 g/mol. The van der Waals surface area contributed by atoms with Gasteiger partial charge in [-0.3, -0.25) is 10.1 Å². The number of halogens is 1. The first-order valence-corrected chi connectivity index (χ1v) is 9.82. The highest BCUT2D eigenvalue weighted by Crippen LogP contribution is 2.26. The highest BCUT2D eigenvalue weighted by atomic mass is 35.5. The molecule has 0 radical (unpaired) electrons. The van der Waals surface area contributed by atoms with E-state index in [1.165, 1.54) is 24.7 Å². The van der Waals surface area contributed by atoms with Gasteiger partial charge in [-0.15, -0.1) is 11.3 Å². The van der Waals surface area contributed by atoms with Gasteiger partial charge >= 0.3 is 5.97 Å².